The van der Waals surface area contributed by atoms with Gasteiger partial charge in [-0.2, -0.15) is 10.2 Å². The molecule has 0 spiro atoms. The SMILES string of the molecule is CNC1C2CC3CC1CC(CNc1nc(NCc4ccccc4SC)ncc1C#N)(C3)C2.OC1CCCCC1. The molecule has 4 bridgehead atoms. The quantitative estimate of drug-likeness (QED) is 0.306. The minimum absolute atomic E-state index is 0.0359. The fraction of sp³-hybridized carbons (Fsp3) is 0.645. The van der Waals surface area contributed by atoms with Crippen molar-refractivity contribution >= 4 is 23.5 Å². The van der Waals surface area contributed by atoms with Crippen LogP contribution in [0.3, 0.4) is 0 Å². The number of nitrogens with zero attached hydrogens (tertiary/aromatic N) is 3. The molecule has 7 rings (SSSR count). The van der Waals surface area contributed by atoms with E-state index in [2.05, 4.69) is 63.5 Å². The highest BCUT2D eigenvalue weighted by atomic mass is 32.2. The van der Waals surface area contributed by atoms with Gasteiger partial charge in [-0.3, -0.25) is 0 Å². The molecule has 1 heterocycles. The van der Waals surface area contributed by atoms with Crippen LogP contribution < -0.4 is 16.0 Å². The fourth-order valence-electron chi connectivity index (χ4n) is 7.94. The van der Waals surface area contributed by atoms with Crippen molar-refractivity contribution in [1.29, 1.82) is 5.26 Å². The molecule has 210 valence electrons. The van der Waals surface area contributed by atoms with Crippen LogP contribution in [0.1, 0.15) is 75.3 Å². The van der Waals surface area contributed by atoms with E-state index in [-0.39, 0.29) is 6.10 Å². The van der Waals surface area contributed by atoms with Gasteiger partial charge in [0.1, 0.15) is 17.5 Å². The van der Waals surface area contributed by atoms with Gasteiger partial charge in [0.05, 0.1) is 12.3 Å². The molecule has 5 aliphatic rings. The van der Waals surface area contributed by atoms with Crippen molar-refractivity contribution in [1.82, 2.24) is 15.3 Å². The first-order chi connectivity index (χ1) is 19.0. The predicted octanol–water partition coefficient (Wildman–Crippen LogP) is 5.82. The van der Waals surface area contributed by atoms with E-state index in [1.54, 1.807) is 18.0 Å². The zero-order valence-electron chi connectivity index (χ0n) is 23.5. The van der Waals surface area contributed by atoms with Crippen LogP contribution in [0.25, 0.3) is 0 Å². The van der Waals surface area contributed by atoms with Gasteiger partial charge in [0.2, 0.25) is 5.95 Å². The number of benzene rings is 1. The predicted molar refractivity (Wildman–Crippen MR) is 159 cm³/mol. The van der Waals surface area contributed by atoms with E-state index in [0.29, 0.717) is 35.3 Å². The Hall–Kier alpha value is -2.34. The van der Waals surface area contributed by atoms with Crippen LogP contribution in [0.15, 0.2) is 35.4 Å². The van der Waals surface area contributed by atoms with Crippen LogP contribution in [-0.4, -0.2) is 47.1 Å². The van der Waals surface area contributed by atoms with E-state index in [1.807, 2.05) is 6.07 Å². The van der Waals surface area contributed by atoms with Gasteiger partial charge in [0, 0.05) is 24.0 Å². The van der Waals surface area contributed by atoms with Crippen molar-refractivity contribution in [3.05, 3.63) is 41.6 Å². The van der Waals surface area contributed by atoms with Gasteiger partial charge >= 0.3 is 0 Å². The summed E-state index contributed by atoms with van der Waals surface area (Å²) in [6.07, 6.45) is 16.3. The molecule has 5 fully saturated rings. The molecule has 8 heteroatoms. The van der Waals surface area contributed by atoms with Crippen molar-refractivity contribution < 1.29 is 5.11 Å². The van der Waals surface area contributed by atoms with Crippen LogP contribution >= 0.6 is 11.8 Å². The zero-order valence-corrected chi connectivity index (χ0v) is 24.3. The van der Waals surface area contributed by atoms with E-state index >= 15 is 0 Å². The van der Waals surface area contributed by atoms with Crippen molar-refractivity contribution in [2.45, 2.75) is 87.8 Å². The second-order valence-corrected chi connectivity index (χ2v) is 13.0. The number of rotatable bonds is 8. The number of aromatic nitrogens is 2. The highest BCUT2D eigenvalue weighted by Gasteiger charge is 2.54. The molecular weight excluding hydrogens is 504 g/mol. The van der Waals surface area contributed by atoms with E-state index in [9.17, 15) is 5.26 Å². The van der Waals surface area contributed by atoms with E-state index in [1.165, 1.54) is 61.8 Å². The smallest absolute Gasteiger partial charge is 0.224 e. The molecule has 0 radical (unpaired) electrons. The summed E-state index contributed by atoms with van der Waals surface area (Å²) in [5.41, 5.74) is 2.07. The summed E-state index contributed by atoms with van der Waals surface area (Å²) >= 11 is 1.74. The van der Waals surface area contributed by atoms with Crippen LogP contribution in [0.5, 0.6) is 0 Å². The molecule has 2 unspecified atom stereocenters. The van der Waals surface area contributed by atoms with Gasteiger partial charge in [0.15, 0.2) is 0 Å². The average Bonchev–Trinajstić information content (AvgIpc) is 2.95. The maximum Gasteiger partial charge on any atom is 0.224 e. The van der Waals surface area contributed by atoms with Gasteiger partial charge in [-0.25, -0.2) is 4.98 Å². The molecule has 2 atom stereocenters. The number of anilines is 2. The Morgan fingerprint density at radius 1 is 1.08 bits per heavy atom. The third-order valence-corrected chi connectivity index (χ3v) is 10.3. The molecule has 39 heavy (non-hydrogen) atoms. The monoisotopic (exact) mass is 548 g/mol. The Balaban J connectivity index is 0.000000384. The van der Waals surface area contributed by atoms with E-state index < -0.39 is 0 Å². The Kier molecular flexibility index (Phi) is 9.32. The van der Waals surface area contributed by atoms with Crippen LogP contribution in [0, 0.1) is 34.5 Å². The standard InChI is InChI=1S/C25H32N6S.C6H12O/c1-27-22-18-7-16-8-19(22)11-25(9-16,10-18)15-30-23-20(12-26)14-29-24(31-23)28-13-17-5-3-4-6-21(17)32-2;7-6-4-2-1-3-5-6/h3-6,14,16,18-19,22,27H,7-11,13,15H2,1-2H3,(H2,28,29,30,31);6-7H,1-5H2. The maximum atomic E-state index is 9.61. The largest absolute Gasteiger partial charge is 0.393 e. The van der Waals surface area contributed by atoms with Gasteiger partial charge in [-0.1, -0.05) is 37.5 Å². The number of aliphatic hydroxyl groups is 1. The molecule has 0 amide bonds. The topological polar surface area (TPSA) is 106 Å². The summed E-state index contributed by atoms with van der Waals surface area (Å²) in [5, 5.41) is 29.0. The van der Waals surface area contributed by atoms with Crippen molar-refractivity contribution in [2.75, 3.05) is 30.5 Å². The van der Waals surface area contributed by atoms with Gasteiger partial charge in [0.25, 0.3) is 0 Å². The zero-order chi connectivity index (χ0) is 27.2. The first-order valence-corrected chi connectivity index (χ1v) is 16.0. The third kappa shape index (κ3) is 6.70. The Labute approximate surface area is 238 Å². The normalized spacial score (nSPS) is 29.3. The summed E-state index contributed by atoms with van der Waals surface area (Å²) in [5.74, 6) is 3.67. The lowest BCUT2D eigenvalue weighted by Gasteiger charge is -2.60. The molecule has 2 aromatic rings. The highest BCUT2D eigenvalue weighted by Crippen LogP contribution is 2.59. The molecule has 0 saturated heterocycles. The number of hydrogen-bond acceptors (Lipinski definition) is 8. The molecule has 0 aliphatic heterocycles. The number of nitrogens with one attached hydrogen (secondary N) is 3. The first-order valence-electron chi connectivity index (χ1n) is 14.7. The lowest BCUT2D eigenvalue weighted by atomic mass is 9.48. The Morgan fingerprint density at radius 2 is 1.82 bits per heavy atom. The number of aliphatic hydroxyl groups excluding tert-OH is 1. The molecular formula is C31H44N6OS. The first kappa shape index (κ1) is 28.2. The minimum atomic E-state index is 0.0359. The second kappa shape index (κ2) is 12.9. The maximum absolute atomic E-state index is 9.61. The van der Waals surface area contributed by atoms with E-state index in [4.69, 9.17) is 5.11 Å². The van der Waals surface area contributed by atoms with Crippen molar-refractivity contribution in [3.63, 3.8) is 0 Å². The third-order valence-electron chi connectivity index (χ3n) is 9.48. The highest BCUT2D eigenvalue weighted by molar-refractivity contribution is 7.98. The van der Waals surface area contributed by atoms with Gasteiger partial charge in [-0.05, 0) is 93.0 Å². The van der Waals surface area contributed by atoms with Crippen LogP contribution in [0.2, 0.25) is 0 Å². The number of nitriles is 1. The Bertz CT molecular complexity index is 1130. The molecule has 7 nitrogen and oxygen atoms in total. The molecule has 1 aromatic carbocycles. The molecule has 1 aromatic heterocycles. The molecule has 5 saturated carbocycles. The number of hydrogen-bond donors (Lipinski definition) is 4. The lowest BCUT2D eigenvalue weighted by molar-refractivity contribution is -0.0674. The summed E-state index contributed by atoms with van der Waals surface area (Å²) < 4.78 is 0. The second-order valence-electron chi connectivity index (χ2n) is 12.2. The molecule has 5 aliphatic carbocycles. The minimum Gasteiger partial charge on any atom is -0.393 e. The Morgan fingerprint density at radius 3 is 2.46 bits per heavy atom. The van der Waals surface area contributed by atoms with Crippen molar-refractivity contribution in [2.24, 2.45) is 23.2 Å². The van der Waals surface area contributed by atoms with Crippen LogP contribution in [0.4, 0.5) is 11.8 Å². The average molecular weight is 549 g/mol. The van der Waals surface area contributed by atoms with E-state index in [0.717, 1.165) is 37.1 Å². The van der Waals surface area contributed by atoms with Crippen molar-refractivity contribution in [3.8, 4) is 6.07 Å². The summed E-state index contributed by atoms with van der Waals surface area (Å²) in [4.78, 5) is 10.3. The molecule has 4 N–H and O–H groups in total. The summed E-state index contributed by atoms with van der Waals surface area (Å²) in [6.45, 7) is 1.55. The van der Waals surface area contributed by atoms with Crippen LogP contribution in [-0.2, 0) is 6.54 Å². The summed E-state index contributed by atoms with van der Waals surface area (Å²) in [7, 11) is 2.13. The number of thioether (sulfide) groups is 1. The van der Waals surface area contributed by atoms with Gasteiger partial charge in [-0.15, -0.1) is 11.8 Å². The lowest BCUT2D eigenvalue weighted by Crippen LogP contribution is -2.59. The summed E-state index contributed by atoms with van der Waals surface area (Å²) in [6, 6.07) is 11.3. The van der Waals surface area contributed by atoms with Gasteiger partial charge < -0.3 is 21.1 Å². The fourth-order valence-corrected chi connectivity index (χ4v) is 8.56.